The molecule has 2 unspecified atom stereocenters. The number of hydrogen-bond donors (Lipinski definition) is 1. The van der Waals surface area contributed by atoms with Crippen molar-refractivity contribution in [3.63, 3.8) is 0 Å². The van der Waals surface area contributed by atoms with E-state index in [1.165, 1.54) is 31.0 Å². The summed E-state index contributed by atoms with van der Waals surface area (Å²) in [4.78, 5) is 5.07. The Kier molecular flexibility index (Phi) is 3.13. The molecular weight excluding hydrogens is 230 g/mol. The minimum atomic E-state index is 0.527. The van der Waals surface area contributed by atoms with Gasteiger partial charge in [0.2, 0.25) is 0 Å². The number of piperidine rings is 1. The maximum absolute atomic E-state index is 3.42. The summed E-state index contributed by atoms with van der Waals surface area (Å²) in [6.07, 6.45) is 5.22. The highest BCUT2D eigenvalue weighted by molar-refractivity contribution is 8.01. The summed E-state index contributed by atoms with van der Waals surface area (Å²) in [6, 6.07) is 1.35. The lowest BCUT2D eigenvalue weighted by Gasteiger charge is -2.42. The molecule has 3 nitrogen and oxygen atoms in total. The van der Waals surface area contributed by atoms with Gasteiger partial charge in [-0.3, -0.25) is 4.72 Å². The van der Waals surface area contributed by atoms with Gasteiger partial charge in [-0.2, -0.15) is 0 Å². The molecule has 0 aromatic heterocycles. The van der Waals surface area contributed by atoms with Crippen molar-refractivity contribution in [1.29, 1.82) is 0 Å². The normalized spacial score (nSPS) is 41.2. The third kappa shape index (κ3) is 2.11. The van der Waals surface area contributed by atoms with Crippen molar-refractivity contribution < 1.29 is 0 Å². The zero-order valence-corrected chi connectivity index (χ0v) is 11.8. The predicted molar refractivity (Wildman–Crippen MR) is 73.5 cm³/mol. The van der Waals surface area contributed by atoms with Crippen LogP contribution in [0.3, 0.4) is 0 Å². The lowest BCUT2D eigenvalue weighted by Crippen LogP contribution is -2.49. The smallest absolute Gasteiger partial charge is 0.0836 e. The highest BCUT2D eigenvalue weighted by Gasteiger charge is 2.43. The Labute approximate surface area is 109 Å². The van der Waals surface area contributed by atoms with Crippen LogP contribution in [0.1, 0.15) is 19.8 Å². The number of fused-ring (bicyclic) bond motifs is 2. The van der Waals surface area contributed by atoms with Crippen LogP contribution in [0.25, 0.3) is 0 Å². The Hall–Kier alpha value is -0.190. The lowest BCUT2D eigenvalue weighted by molar-refractivity contribution is 0.100. The third-order valence-corrected chi connectivity index (χ3v) is 5.53. The molecule has 1 aliphatic carbocycles. The van der Waals surface area contributed by atoms with Crippen molar-refractivity contribution in [3.8, 4) is 0 Å². The van der Waals surface area contributed by atoms with E-state index in [4.69, 9.17) is 0 Å². The summed E-state index contributed by atoms with van der Waals surface area (Å²) in [5, 5.41) is 1.46. The second kappa shape index (κ2) is 4.48. The van der Waals surface area contributed by atoms with E-state index in [0.29, 0.717) is 6.04 Å². The molecule has 0 aromatic rings. The molecule has 2 heterocycles. The zero-order valence-electron chi connectivity index (χ0n) is 11.0. The Balaban J connectivity index is 1.71. The second-order valence-corrected chi connectivity index (χ2v) is 6.83. The summed E-state index contributed by atoms with van der Waals surface area (Å²) in [5.74, 6) is 1.75. The van der Waals surface area contributed by atoms with Crippen LogP contribution in [0.2, 0.25) is 0 Å². The van der Waals surface area contributed by atoms with Gasteiger partial charge in [-0.15, -0.1) is 0 Å². The molecule has 3 rings (SSSR count). The molecule has 0 radical (unpaired) electrons. The van der Waals surface area contributed by atoms with E-state index in [1.807, 2.05) is 11.9 Å². The maximum Gasteiger partial charge on any atom is 0.0836 e. The van der Waals surface area contributed by atoms with Crippen LogP contribution < -0.4 is 4.72 Å². The largest absolute Gasteiger partial charge is 0.365 e. The summed E-state index contributed by atoms with van der Waals surface area (Å²) in [7, 11) is 4.50. The summed E-state index contributed by atoms with van der Waals surface area (Å²) < 4.78 is 3.42. The fourth-order valence-corrected chi connectivity index (χ4v) is 4.75. The number of rotatable bonds is 2. The highest BCUT2D eigenvalue weighted by atomic mass is 32.2. The van der Waals surface area contributed by atoms with Gasteiger partial charge in [0.1, 0.15) is 0 Å². The quantitative estimate of drug-likeness (QED) is 0.755. The minimum absolute atomic E-state index is 0.527. The van der Waals surface area contributed by atoms with Gasteiger partial charge < -0.3 is 9.80 Å². The molecule has 2 bridgehead atoms. The van der Waals surface area contributed by atoms with Crippen LogP contribution >= 0.6 is 11.9 Å². The number of hydrogen-bond acceptors (Lipinski definition) is 4. The minimum Gasteiger partial charge on any atom is -0.365 e. The van der Waals surface area contributed by atoms with Gasteiger partial charge in [0, 0.05) is 25.2 Å². The van der Waals surface area contributed by atoms with Crippen molar-refractivity contribution in [2.45, 2.75) is 31.8 Å². The lowest BCUT2D eigenvalue weighted by atomic mass is 9.91. The fourth-order valence-electron chi connectivity index (χ4n) is 3.82. The molecule has 4 heteroatoms. The van der Waals surface area contributed by atoms with Crippen LogP contribution in [0, 0.1) is 11.8 Å². The van der Waals surface area contributed by atoms with Crippen LogP contribution in [0.4, 0.5) is 0 Å². The average molecular weight is 253 g/mol. The summed E-state index contributed by atoms with van der Waals surface area (Å²) in [5.41, 5.74) is 0. The summed E-state index contributed by atoms with van der Waals surface area (Å²) >= 11 is 1.82. The number of likely N-dealkylation sites (tertiary alicyclic amines) is 1. The molecule has 0 amide bonds. The van der Waals surface area contributed by atoms with Crippen molar-refractivity contribution in [2.75, 3.05) is 27.2 Å². The topological polar surface area (TPSA) is 18.5 Å². The van der Waals surface area contributed by atoms with E-state index in [9.17, 15) is 0 Å². The van der Waals surface area contributed by atoms with Gasteiger partial charge in [0.15, 0.2) is 0 Å². The van der Waals surface area contributed by atoms with E-state index < -0.39 is 0 Å². The van der Waals surface area contributed by atoms with E-state index in [1.54, 1.807) is 0 Å². The van der Waals surface area contributed by atoms with Crippen LogP contribution in [-0.4, -0.2) is 49.1 Å². The van der Waals surface area contributed by atoms with E-state index >= 15 is 0 Å². The first-order chi connectivity index (χ1) is 8.15. The standard InChI is InChI=1S/C13H23N3S/c1-9-6-12(17-14-9)16-7-10-4-5-11(8-16)13(10)15(2)3/h6,9-11,13-14H,4-5,7-8H2,1-3H3/t9?,10-,11?,13-/m0/s1. The first-order valence-corrected chi connectivity index (χ1v) is 7.52. The van der Waals surface area contributed by atoms with Crippen LogP contribution in [-0.2, 0) is 0 Å². The van der Waals surface area contributed by atoms with Gasteiger partial charge in [-0.1, -0.05) is 0 Å². The van der Waals surface area contributed by atoms with Crippen molar-refractivity contribution in [2.24, 2.45) is 11.8 Å². The fraction of sp³-hybridized carbons (Fsp3) is 0.846. The van der Waals surface area contributed by atoms with Crippen LogP contribution in [0.15, 0.2) is 11.1 Å². The van der Waals surface area contributed by atoms with Gasteiger partial charge in [0.05, 0.1) is 5.03 Å². The molecule has 1 saturated carbocycles. The second-order valence-electron chi connectivity index (χ2n) is 5.97. The molecule has 2 aliphatic heterocycles. The third-order valence-electron chi connectivity index (χ3n) is 4.43. The highest BCUT2D eigenvalue weighted by Crippen LogP contribution is 2.42. The maximum atomic E-state index is 3.42. The first-order valence-electron chi connectivity index (χ1n) is 6.70. The molecule has 1 saturated heterocycles. The van der Waals surface area contributed by atoms with E-state index in [2.05, 4.69) is 41.6 Å². The molecule has 2 fully saturated rings. The monoisotopic (exact) mass is 253 g/mol. The Morgan fingerprint density at radius 1 is 1.29 bits per heavy atom. The van der Waals surface area contributed by atoms with Crippen molar-refractivity contribution >= 4 is 11.9 Å². The molecule has 3 aliphatic rings. The predicted octanol–water partition coefficient (Wildman–Crippen LogP) is 1.74. The van der Waals surface area contributed by atoms with Crippen LogP contribution in [0.5, 0.6) is 0 Å². The molecule has 0 aromatic carbocycles. The SMILES string of the molecule is CC1C=C(N2CC3CC[C@@H](C2)[C@@H]3N(C)C)SN1. The molecule has 1 N–H and O–H groups in total. The average Bonchev–Trinajstić information content (AvgIpc) is 2.81. The first kappa shape index (κ1) is 11.9. The van der Waals surface area contributed by atoms with Gasteiger partial charge in [0.25, 0.3) is 0 Å². The van der Waals surface area contributed by atoms with Gasteiger partial charge >= 0.3 is 0 Å². The molecular formula is C13H23N3S. The van der Waals surface area contributed by atoms with Crippen molar-refractivity contribution in [1.82, 2.24) is 14.5 Å². The number of nitrogens with one attached hydrogen (secondary N) is 1. The number of nitrogens with zero attached hydrogens (tertiary/aromatic N) is 2. The molecule has 0 spiro atoms. The van der Waals surface area contributed by atoms with Crippen molar-refractivity contribution in [3.05, 3.63) is 11.1 Å². The molecule has 17 heavy (non-hydrogen) atoms. The zero-order chi connectivity index (χ0) is 12.0. The van der Waals surface area contributed by atoms with E-state index in [-0.39, 0.29) is 0 Å². The Bertz CT molecular complexity index is 315. The van der Waals surface area contributed by atoms with Gasteiger partial charge in [-0.25, -0.2) is 0 Å². The van der Waals surface area contributed by atoms with E-state index in [0.717, 1.165) is 17.9 Å². The Morgan fingerprint density at radius 3 is 2.41 bits per heavy atom. The molecule has 96 valence electrons. The van der Waals surface area contributed by atoms with Gasteiger partial charge in [-0.05, 0) is 63.7 Å². The molecule has 4 atom stereocenters. The Morgan fingerprint density at radius 2 is 1.94 bits per heavy atom. The summed E-state index contributed by atoms with van der Waals surface area (Å²) in [6.45, 7) is 4.74.